The van der Waals surface area contributed by atoms with Crippen LogP contribution in [-0.4, -0.2) is 38.9 Å². The van der Waals surface area contributed by atoms with Crippen LogP contribution in [0.25, 0.3) is 0 Å². The van der Waals surface area contributed by atoms with Crippen LogP contribution in [0.2, 0.25) is 0 Å². The number of aromatic carboxylic acids is 1. The minimum Gasteiger partial charge on any atom is -0.478 e. The molecule has 1 saturated carbocycles. The van der Waals surface area contributed by atoms with Crippen LogP contribution in [0.3, 0.4) is 0 Å². The van der Waals surface area contributed by atoms with Gasteiger partial charge >= 0.3 is 5.97 Å². The van der Waals surface area contributed by atoms with Crippen molar-refractivity contribution >= 4 is 11.8 Å². The average Bonchev–Trinajstić information content (AvgIpc) is 2.96. The topological polar surface area (TPSA) is 95.0 Å². The summed E-state index contributed by atoms with van der Waals surface area (Å²) in [5, 5.41) is 22.3. The number of carboxylic acid groups (broad SMARTS) is 1. The van der Waals surface area contributed by atoms with Crippen molar-refractivity contribution in [3.05, 3.63) is 41.3 Å². The van der Waals surface area contributed by atoms with E-state index < -0.39 is 5.97 Å². The molecular weight excluding hydrogens is 294 g/mol. The van der Waals surface area contributed by atoms with Gasteiger partial charge in [-0.1, -0.05) is 0 Å². The predicted molar refractivity (Wildman–Crippen MR) is 81.1 cm³/mol. The van der Waals surface area contributed by atoms with Crippen molar-refractivity contribution in [2.45, 2.75) is 13.0 Å². The van der Waals surface area contributed by atoms with Gasteiger partial charge < -0.3 is 10.0 Å². The van der Waals surface area contributed by atoms with Gasteiger partial charge in [-0.25, -0.2) is 9.78 Å². The molecule has 2 aromatic rings. The lowest BCUT2D eigenvalue weighted by Gasteiger charge is -2.20. The summed E-state index contributed by atoms with van der Waals surface area (Å²) < 4.78 is 1.53. The van der Waals surface area contributed by atoms with Gasteiger partial charge in [0.2, 0.25) is 0 Å². The molecular formula is C16H15N5O2. The maximum absolute atomic E-state index is 10.9. The van der Waals surface area contributed by atoms with E-state index in [1.54, 1.807) is 6.20 Å². The van der Waals surface area contributed by atoms with Crippen molar-refractivity contribution in [2.24, 2.45) is 11.8 Å². The molecule has 3 heterocycles. The van der Waals surface area contributed by atoms with E-state index >= 15 is 0 Å². The summed E-state index contributed by atoms with van der Waals surface area (Å²) in [6.45, 7) is 2.38. The molecule has 1 N–H and O–H groups in total. The van der Waals surface area contributed by atoms with Gasteiger partial charge in [0.15, 0.2) is 0 Å². The molecule has 0 spiro atoms. The lowest BCUT2D eigenvalue weighted by atomic mass is 10.2. The van der Waals surface area contributed by atoms with Crippen LogP contribution in [0.15, 0.2) is 24.7 Å². The molecule has 0 radical (unpaired) electrons. The highest BCUT2D eigenvalue weighted by atomic mass is 16.4. The third kappa shape index (κ3) is 2.52. The normalized spacial score (nSPS) is 21.8. The molecule has 2 atom stereocenters. The number of pyridine rings is 1. The molecule has 2 aliphatic rings. The summed E-state index contributed by atoms with van der Waals surface area (Å²) in [4.78, 5) is 17.5. The monoisotopic (exact) mass is 309 g/mol. The molecule has 0 aromatic carbocycles. The first-order valence-electron chi connectivity index (χ1n) is 7.54. The smallest absolute Gasteiger partial charge is 0.338 e. The Morgan fingerprint density at radius 3 is 2.83 bits per heavy atom. The minimum absolute atomic E-state index is 0.145. The first-order chi connectivity index (χ1) is 11.1. The largest absolute Gasteiger partial charge is 0.478 e. The quantitative estimate of drug-likeness (QED) is 0.916. The number of nitriles is 1. The Balaban J connectivity index is 1.55. The number of anilines is 1. The highest BCUT2D eigenvalue weighted by Crippen LogP contribution is 2.46. The second-order valence-electron chi connectivity index (χ2n) is 6.22. The lowest BCUT2D eigenvalue weighted by molar-refractivity contribution is 0.0697. The molecule has 23 heavy (non-hydrogen) atoms. The maximum atomic E-state index is 10.9. The zero-order chi connectivity index (χ0) is 16.0. The second-order valence-corrected chi connectivity index (χ2v) is 6.22. The zero-order valence-corrected chi connectivity index (χ0v) is 12.4. The average molecular weight is 309 g/mol. The minimum atomic E-state index is -1.00. The summed E-state index contributed by atoms with van der Waals surface area (Å²) in [6.07, 6.45) is 5.83. The fourth-order valence-electron chi connectivity index (χ4n) is 3.24. The van der Waals surface area contributed by atoms with E-state index in [0.717, 1.165) is 36.3 Å². The number of carboxylic acids is 1. The van der Waals surface area contributed by atoms with Crippen LogP contribution in [0, 0.1) is 23.2 Å². The van der Waals surface area contributed by atoms with Gasteiger partial charge in [0.1, 0.15) is 11.9 Å². The Kier molecular flexibility index (Phi) is 3.05. The van der Waals surface area contributed by atoms with Crippen molar-refractivity contribution in [1.82, 2.24) is 14.8 Å². The van der Waals surface area contributed by atoms with E-state index in [1.165, 1.54) is 23.5 Å². The number of aromatic nitrogens is 3. The number of hydrogen-bond donors (Lipinski definition) is 1. The van der Waals surface area contributed by atoms with Gasteiger partial charge in [-0.05, 0) is 29.9 Å². The molecule has 2 fully saturated rings. The second kappa shape index (κ2) is 5.09. The highest BCUT2D eigenvalue weighted by Gasteiger charge is 2.45. The van der Waals surface area contributed by atoms with Crippen molar-refractivity contribution in [2.75, 3.05) is 18.0 Å². The van der Waals surface area contributed by atoms with Gasteiger partial charge in [-0.3, -0.25) is 4.68 Å². The van der Waals surface area contributed by atoms with E-state index in [4.69, 9.17) is 5.11 Å². The molecule has 1 saturated heterocycles. The van der Waals surface area contributed by atoms with E-state index in [-0.39, 0.29) is 5.56 Å². The van der Waals surface area contributed by atoms with E-state index in [9.17, 15) is 10.1 Å². The first kappa shape index (κ1) is 13.8. The zero-order valence-electron chi connectivity index (χ0n) is 12.4. The maximum Gasteiger partial charge on any atom is 0.338 e. The van der Waals surface area contributed by atoms with Crippen LogP contribution < -0.4 is 4.90 Å². The van der Waals surface area contributed by atoms with Crippen LogP contribution >= 0.6 is 0 Å². The van der Waals surface area contributed by atoms with Gasteiger partial charge in [0.25, 0.3) is 0 Å². The fraction of sp³-hybridized carbons (Fsp3) is 0.375. The van der Waals surface area contributed by atoms with Crippen LogP contribution in [-0.2, 0) is 6.54 Å². The Hall–Kier alpha value is -2.88. The third-order valence-corrected chi connectivity index (χ3v) is 4.55. The van der Waals surface area contributed by atoms with E-state index in [0.29, 0.717) is 12.1 Å². The molecule has 2 unspecified atom stereocenters. The molecule has 7 nitrogen and oxygen atoms in total. The third-order valence-electron chi connectivity index (χ3n) is 4.55. The molecule has 0 amide bonds. The predicted octanol–water partition coefficient (Wildman–Crippen LogP) is 1.35. The molecule has 1 aliphatic heterocycles. The Morgan fingerprint density at radius 1 is 1.39 bits per heavy atom. The highest BCUT2D eigenvalue weighted by molar-refractivity contribution is 5.86. The number of hydrogen-bond acceptors (Lipinski definition) is 5. The fourth-order valence-corrected chi connectivity index (χ4v) is 3.24. The molecule has 116 valence electrons. The number of fused-ring (bicyclic) bond motifs is 1. The molecule has 1 aliphatic carbocycles. The molecule has 2 aromatic heterocycles. The summed E-state index contributed by atoms with van der Waals surface area (Å²) in [7, 11) is 0. The van der Waals surface area contributed by atoms with Gasteiger partial charge in [0.05, 0.1) is 23.9 Å². The van der Waals surface area contributed by atoms with Gasteiger partial charge in [-0.2, -0.15) is 10.4 Å². The first-order valence-corrected chi connectivity index (χ1v) is 7.54. The number of carbonyl (C=O) groups is 1. The Bertz CT molecular complexity index is 812. The van der Waals surface area contributed by atoms with Crippen molar-refractivity contribution < 1.29 is 9.90 Å². The van der Waals surface area contributed by atoms with E-state index in [2.05, 4.69) is 21.1 Å². The van der Waals surface area contributed by atoms with Crippen molar-refractivity contribution in [1.29, 1.82) is 5.26 Å². The summed E-state index contributed by atoms with van der Waals surface area (Å²) in [5.41, 5.74) is 1.54. The summed E-state index contributed by atoms with van der Waals surface area (Å²) in [6, 6.07) is 4.04. The molecule has 7 heteroatoms. The molecule has 0 bridgehead atoms. The summed E-state index contributed by atoms with van der Waals surface area (Å²) in [5.74, 6) is 1.31. The van der Waals surface area contributed by atoms with E-state index in [1.807, 2.05) is 6.07 Å². The van der Waals surface area contributed by atoms with Crippen molar-refractivity contribution in [3.63, 3.8) is 0 Å². The SMILES string of the molecule is N#Cc1cc(Cn2cc(C(=O)O)cn2)cnc1N1CC2CC2C1. The van der Waals surface area contributed by atoms with Crippen LogP contribution in [0.1, 0.15) is 27.9 Å². The Labute approximate surface area is 132 Å². The standard InChI is InChI=1S/C16H15N5O2/c17-3-11-1-10(6-21-9-14(5-19-21)16(22)23)4-18-15(11)20-7-12-2-13(12)8-20/h1,4-5,9,12-13H,2,6-8H2,(H,22,23). The number of piperidine rings is 1. The van der Waals surface area contributed by atoms with Gasteiger partial charge in [-0.15, -0.1) is 0 Å². The molecule has 4 rings (SSSR count). The lowest BCUT2D eigenvalue weighted by Crippen LogP contribution is -2.24. The van der Waals surface area contributed by atoms with Gasteiger partial charge in [0, 0.05) is 25.5 Å². The summed E-state index contributed by atoms with van der Waals surface area (Å²) >= 11 is 0. The van der Waals surface area contributed by atoms with Crippen molar-refractivity contribution in [3.8, 4) is 6.07 Å². The Morgan fingerprint density at radius 2 is 2.17 bits per heavy atom. The van der Waals surface area contributed by atoms with Crippen LogP contribution in [0.4, 0.5) is 5.82 Å². The van der Waals surface area contributed by atoms with Crippen LogP contribution in [0.5, 0.6) is 0 Å². The number of nitrogens with zero attached hydrogens (tertiary/aromatic N) is 5. The number of rotatable bonds is 4.